The number of halogens is 4. The van der Waals surface area contributed by atoms with Gasteiger partial charge in [-0.3, -0.25) is 19.2 Å². The summed E-state index contributed by atoms with van der Waals surface area (Å²) in [6.07, 6.45) is 0. The van der Waals surface area contributed by atoms with Gasteiger partial charge in [0.2, 0.25) is 0 Å². The standard InChI is InChI=1S/C16H8Cl2O2S2.C16H10O4S2.C2Cl2O2/c17-15(19)11-8-10(14-4-2-6-22-14)12(16(18)20)7-9(11)13-3-1-5-21-13;17-15(18)11-8-10(14-4-2-6-22-14)12(16(19)20)7-9(11)13-3-1-5-21-13;3-1(5)2(4)6/h1-8H;1-8H,(H,17,18)(H,19,20);. The Hall–Kier alpha value is -3.98. The molecule has 0 bridgehead atoms. The van der Waals surface area contributed by atoms with Gasteiger partial charge in [-0.1, -0.05) is 24.3 Å². The number of carbonyl (C=O) groups excluding carboxylic acids is 4. The number of thiophene rings is 4. The van der Waals surface area contributed by atoms with Crippen molar-refractivity contribution in [2.24, 2.45) is 0 Å². The topological polar surface area (TPSA) is 143 Å². The molecule has 0 aliphatic rings. The van der Waals surface area contributed by atoms with E-state index in [1.54, 1.807) is 36.4 Å². The van der Waals surface area contributed by atoms with Crippen molar-refractivity contribution < 1.29 is 39.0 Å². The van der Waals surface area contributed by atoms with Crippen molar-refractivity contribution in [3.05, 3.63) is 117 Å². The van der Waals surface area contributed by atoms with Gasteiger partial charge < -0.3 is 10.2 Å². The Kier molecular flexibility index (Phi) is 13.8. The number of benzene rings is 2. The second-order valence-electron chi connectivity index (χ2n) is 9.50. The van der Waals surface area contributed by atoms with Gasteiger partial charge in [-0.2, -0.15) is 0 Å². The van der Waals surface area contributed by atoms with Crippen LogP contribution in [0.2, 0.25) is 0 Å². The highest BCUT2D eigenvalue weighted by molar-refractivity contribution is 7.14. The van der Waals surface area contributed by atoms with E-state index in [4.69, 9.17) is 23.2 Å². The van der Waals surface area contributed by atoms with Crippen LogP contribution in [0.1, 0.15) is 41.4 Å². The van der Waals surface area contributed by atoms with Crippen molar-refractivity contribution in [1.82, 2.24) is 0 Å². The maximum atomic E-state index is 11.8. The fourth-order valence-electron chi connectivity index (χ4n) is 4.42. The average molecular weight is 825 g/mol. The summed E-state index contributed by atoms with van der Waals surface area (Å²) in [6.45, 7) is 0. The summed E-state index contributed by atoms with van der Waals surface area (Å²) in [5.74, 6) is -2.14. The highest BCUT2D eigenvalue weighted by Gasteiger charge is 2.22. The highest BCUT2D eigenvalue weighted by Crippen LogP contribution is 2.38. The maximum Gasteiger partial charge on any atom is 0.336 e. The Bertz CT molecular complexity index is 1880. The molecule has 0 saturated carbocycles. The van der Waals surface area contributed by atoms with Crippen molar-refractivity contribution in [1.29, 1.82) is 0 Å². The van der Waals surface area contributed by atoms with Crippen molar-refractivity contribution in [2.75, 3.05) is 0 Å². The van der Waals surface area contributed by atoms with E-state index in [0.717, 1.165) is 19.5 Å². The molecule has 4 aromatic heterocycles. The fourth-order valence-corrected chi connectivity index (χ4v) is 7.76. The van der Waals surface area contributed by atoms with E-state index in [-0.39, 0.29) is 11.1 Å². The highest BCUT2D eigenvalue weighted by atomic mass is 35.5. The smallest absolute Gasteiger partial charge is 0.336 e. The van der Waals surface area contributed by atoms with Crippen molar-refractivity contribution in [3.8, 4) is 41.8 Å². The number of hydrogen-bond donors (Lipinski definition) is 2. The minimum Gasteiger partial charge on any atom is -0.478 e. The Morgan fingerprint density at radius 1 is 0.420 bits per heavy atom. The summed E-state index contributed by atoms with van der Waals surface area (Å²) < 4.78 is 0. The Morgan fingerprint density at radius 2 is 0.660 bits per heavy atom. The predicted molar refractivity (Wildman–Crippen MR) is 202 cm³/mol. The van der Waals surface area contributed by atoms with E-state index in [2.05, 4.69) is 23.2 Å². The Labute approximate surface area is 319 Å². The van der Waals surface area contributed by atoms with Gasteiger partial charge in [0.15, 0.2) is 0 Å². The van der Waals surface area contributed by atoms with Crippen LogP contribution >= 0.6 is 91.8 Å². The second-order valence-corrected chi connectivity index (χ2v) is 14.7. The molecule has 6 rings (SSSR count). The molecule has 4 heterocycles. The normalized spacial score (nSPS) is 10.2. The van der Waals surface area contributed by atoms with E-state index in [1.807, 2.05) is 45.8 Å². The van der Waals surface area contributed by atoms with E-state index < -0.39 is 32.9 Å². The molecular weight excluding hydrogens is 806 g/mol. The number of rotatable bonds is 9. The van der Waals surface area contributed by atoms with Gasteiger partial charge in [-0.05, 0) is 116 Å². The molecule has 0 amide bonds. The Balaban J connectivity index is 0.000000194. The largest absolute Gasteiger partial charge is 0.478 e. The van der Waals surface area contributed by atoms with E-state index in [9.17, 15) is 39.0 Å². The number of hydrogen-bond acceptors (Lipinski definition) is 10. The van der Waals surface area contributed by atoms with Crippen molar-refractivity contribution in [2.45, 2.75) is 0 Å². The molecule has 16 heteroatoms. The zero-order chi connectivity index (χ0) is 36.5. The number of carboxylic acid groups (broad SMARTS) is 2. The summed E-state index contributed by atoms with van der Waals surface area (Å²) in [6, 6.07) is 20.9. The van der Waals surface area contributed by atoms with Crippen LogP contribution in [0.4, 0.5) is 0 Å². The molecule has 0 fully saturated rings. The third-order valence-electron chi connectivity index (χ3n) is 6.50. The van der Waals surface area contributed by atoms with Gasteiger partial charge in [0.05, 0.1) is 11.1 Å². The molecule has 0 radical (unpaired) electrons. The molecule has 0 unspecified atom stereocenters. The SMILES string of the molecule is O=C(Cl)C(=O)Cl.O=C(Cl)c1cc(-c2cccs2)c(C(=O)Cl)cc1-c1cccs1.O=C(O)c1cc(-c2cccs2)c(C(=O)O)cc1-c1cccs1. The molecular formula is C34H18Cl4O8S4. The van der Waals surface area contributed by atoms with Crippen LogP contribution in [0, 0.1) is 0 Å². The predicted octanol–water partition coefficient (Wildman–Crippen LogP) is 11.0. The van der Waals surface area contributed by atoms with Crippen LogP contribution in [0.3, 0.4) is 0 Å². The number of carbonyl (C=O) groups is 6. The molecule has 0 atom stereocenters. The molecule has 0 aliphatic carbocycles. The number of carboxylic acids is 2. The number of aromatic carboxylic acids is 2. The maximum absolute atomic E-state index is 11.8. The molecule has 0 aliphatic heterocycles. The van der Waals surface area contributed by atoms with Gasteiger partial charge >= 0.3 is 22.4 Å². The molecule has 0 spiro atoms. The molecule has 8 nitrogen and oxygen atoms in total. The lowest BCUT2D eigenvalue weighted by atomic mass is 9.96. The first kappa shape index (κ1) is 38.8. The van der Waals surface area contributed by atoms with Crippen LogP contribution in [0.5, 0.6) is 0 Å². The fraction of sp³-hybridized carbons (Fsp3) is 0. The van der Waals surface area contributed by atoms with Gasteiger partial charge in [0.1, 0.15) is 0 Å². The Morgan fingerprint density at radius 3 is 0.840 bits per heavy atom. The lowest BCUT2D eigenvalue weighted by Gasteiger charge is -2.11. The first-order chi connectivity index (χ1) is 23.8. The van der Waals surface area contributed by atoms with E-state index >= 15 is 0 Å². The lowest BCUT2D eigenvalue weighted by Crippen LogP contribution is -2.05. The molecule has 2 N–H and O–H groups in total. The quantitative estimate of drug-likeness (QED) is 0.108. The third-order valence-corrected chi connectivity index (χ3v) is 11.0. The third kappa shape index (κ3) is 9.62. The monoisotopic (exact) mass is 822 g/mol. The van der Waals surface area contributed by atoms with E-state index in [0.29, 0.717) is 33.4 Å². The molecule has 2 aromatic carbocycles. The summed E-state index contributed by atoms with van der Waals surface area (Å²) in [4.78, 5) is 68.8. The summed E-state index contributed by atoms with van der Waals surface area (Å²) in [5, 5.41) is 23.0. The second kappa shape index (κ2) is 17.8. The van der Waals surface area contributed by atoms with E-state index in [1.165, 1.54) is 57.5 Å². The summed E-state index contributed by atoms with van der Waals surface area (Å²) in [5.41, 5.74) is 3.06. The van der Waals surface area contributed by atoms with Crippen molar-refractivity contribution >= 4 is 125 Å². The first-order valence-corrected chi connectivity index (χ1v) is 18.6. The van der Waals surface area contributed by atoms with Gasteiger partial charge in [0.25, 0.3) is 10.5 Å². The van der Waals surface area contributed by atoms with Crippen LogP contribution in [0.15, 0.2) is 94.3 Å². The van der Waals surface area contributed by atoms with Crippen molar-refractivity contribution in [3.63, 3.8) is 0 Å². The van der Waals surface area contributed by atoms with Crippen LogP contribution in [-0.2, 0) is 9.59 Å². The van der Waals surface area contributed by atoms with Crippen LogP contribution in [0.25, 0.3) is 41.8 Å². The zero-order valence-electron chi connectivity index (χ0n) is 24.7. The molecule has 6 aromatic rings. The first-order valence-electron chi connectivity index (χ1n) is 13.6. The van der Waals surface area contributed by atoms with Gasteiger partial charge in [-0.15, -0.1) is 45.3 Å². The summed E-state index contributed by atoms with van der Waals surface area (Å²) >= 11 is 26.2. The molecule has 254 valence electrons. The minimum atomic E-state index is -1.14. The average Bonchev–Trinajstić information content (AvgIpc) is 3.92. The van der Waals surface area contributed by atoms with Gasteiger partial charge in [0, 0.05) is 52.9 Å². The zero-order valence-corrected chi connectivity index (χ0v) is 31.0. The van der Waals surface area contributed by atoms with Crippen LogP contribution in [-0.4, -0.2) is 43.1 Å². The van der Waals surface area contributed by atoms with Crippen LogP contribution < -0.4 is 0 Å². The molecule has 50 heavy (non-hydrogen) atoms. The lowest BCUT2D eigenvalue weighted by molar-refractivity contribution is -0.127. The van der Waals surface area contributed by atoms with Gasteiger partial charge in [-0.25, -0.2) is 9.59 Å². The minimum absolute atomic E-state index is 0.107. The summed E-state index contributed by atoms with van der Waals surface area (Å²) in [7, 11) is 0. The molecule has 0 saturated heterocycles.